The molecule has 1 aliphatic heterocycles. The highest BCUT2D eigenvalue weighted by Crippen LogP contribution is 2.39. The van der Waals surface area contributed by atoms with E-state index in [1.54, 1.807) is 6.07 Å². The molecule has 1 heterocycles. The summed E-state index contributed by atoms with van der Waals surface area (Å²) in [6, 6.07) is 15.7. The zero-order valence-corrected chi connectivity index (χ0v) is 17.6. The first-order valence-electron chi connectivity index (χ1n) is 9.51. The van der Waals surface area contributed by atoms with E-state index in [1.165, 1.54) is 5.56 Å². The number of amides is 1. The Bertz CT molecular complexity index is 792. The molecule has 3 rings (SSSR count). The summed E-state index contributed by atoms with van der Waals surface area (Å²) in [4.78, 5) is 14.6. The molecule has 1 saturated heterocycles. The van der Waals surface area contributed by atoms with Gasteiger partial charge in [0, 0.05) is 41.8 Å². The van der Waals surface area contributed by atoms with Crippen LogP contribution in [0.5, 0.6) is 0 Å². The van der Waals surface area contributed by atoms with Gasteiger partial charge >= 0.3 is 0 Å². The zero-order valence-electron chi connectivity index (χ0n) is 16.1. The van der Waals surface area contributed by atoms with E-state index in [4.69, 9.17) is 27.9 Å². The van der Waals surface area contributed by atoms with Crippen LogP contribution in [-0.2, 0) is 21.5 Å². The van der Waals surface area contributed by atoms with Gasteiger partial charge < -0.3 is 10.1 Å². The van der Waals surface area contributed by atoms with Crippen molar-refractivity contribution in [3.05, 3.63) is 69.7 Å². The molecule has 150 valence electrons. The molecule has 28 heavy (non-hydrogen) atoms. The molecule has 0 unspecified atom stereocenters. The number of nitrogens with one attached hydrogen (secondary N) is 1. The molecule has 6 heteroatoms. The van der Waals surface area contributed by atoms with E-state index in [0.717, 1.165) is 24.9 Å². The Balaban J connectivity index is 1.63. The largest absolute Gasteiger partial charge is 0.381 e. The number of hydrogen-bond donors (Lipinski definition) is 1. The van der Waals surface area contributed by atoms with Crippen molar-refractivity contribution in [1.29, 1.82) is 0 Å². The van der Waals surface area contributed by atoms with Gasteiger partial charge in [0.15, 0.2) is 0 Å². The minimum absolute atomic E-state index is 0.00869. The molecule has 1 fully saturated rings. The number of benzene rings is 2. The number of carbonyl (C=O) groups is 1. The fraction of sp³-hybridized carbons (Fsp3) is 0.409. The minimum atomic E-state index is -0.229. The molecule has 4 nitrogen and oxygen atoms in total. The lowest BCUT2D eigenvalue weighted by Gasteiger charge is -2.38. The van der Waals surface area contributed by atoms with Gasteiger partial charge in [-0.3, -0.25) is 9.69 Å². The molecule has 2 aromatic rings. The Morgan fingerprint density at radius 2 is 1.86 bits per heavy atom. The molecular formula is C22H26Cl2N2O2. The van der Waals surface area contributed by atoms with E-state index in [2.05, 4.69) is 17.4 Å². The fourth-order valence-corrected chi connectivity index (χ4v) is 4.35. The molecule has 0 radical (unpaired) electrons. The lowest BCUT2D eigenvalue weighted by Crippen LogP contribution is -2.46. The number of halogens is 2. The Kier molecular flexibility index (Phi) is 7.36. The molecule has 1 N–H and O–H groups in total. The third kappa shape index (κ3) is 5.48. The summed E-state index contributed by atoms with van der Waals surface area (Å²) in [5.41, 5.74) is 1.99. The summed E-state index contributed by atoms with van der Waals surface area (Å²) in [7, 11) is 1.95. The van der Waals surface area contributed by atoms with Crippen LogP contribution in [-0.4, -0.2) is 44.2 Å². The monoisotopic (exact) mass is 420 g/mol. The van der Waals surface area contributed by atoms with Crippen molar-refractivity contribution in [2.24, 2.45) is 0 Å². The number of ether oxygens (including phenoxy) is 1. The van der Waals surface area contributed by atoms with E-state index in [-0.39, 0.29) is 11.3 Å². The first-order chi connectivity index (χ1) is 13.5. The van der Waals surface area contributed by atoms with E-state index < -0.39 is 0 Å². The van der Waals surface area contributed by atoms with Crippen LogP contribution in [0.25, 0.3) is 0 Å². The average molecular weight is 421 g/mol. The molecule has 0 bridgehead atoms. The maximum Gasteiger partial charge on any atom is 0.234 e. The van der Waals surface area contributed by atoms with Crippen LogP contribution in [0.2, 0.25) is 10.0 Å². The van der Waals surface area contributed by atoms with Crippen molar-refractivity contribution in [2.75, 3.05) is 33.4 Å². The van der Waals surface area contributed by atoms with Gasteiger partial charge in [-0.25, -0.2) is 0 Å². The summed E-state index contributed by atoms with van der Waals surface area (Å²) in [6.45, 7) is 2.92. The smallest absolute Gasteiger partial charge is 0.234 e. The van der Waals surface area contributed by atoms with Crippen LogP contribution in [0.1, 0.15) is 24.0 Å². The quantitative estimate of drug-likeness (QED) is 0.725. The predicted octanol–water partition coefficient (Wildman–Crippen LogP) is 4.29. The Morgan fingerprint density at radius 1 is 1.14 bits per heavy atom. The normalized spacial score (nSPS) is 16.1. The molecule has 1 amide bonds. The number of rotatable bonds is 7. The van der Waals surface area contributed by atoms with E-state index in [9.17, 15) is 4.79 Å². The second-order valence-electron chi connectivity index (χ2n) is 7.45. The van der Waals surface area contributed by atoms with Crippen LogP contribution in [0.15, 0.2) is 48.5 Å². The van der Waals surface area contributed by atoms with Crippen LogP contribution in [0.4, 0.5) is 0 Å². The second kappa shape index (κ2) is 9.75. The molecule has 1 aliphatic rings. The van der Waals surface area contributed by atoms with Gasteiger partial charge in [0.2, 0.25) is 5.91 Å². The first-order valence-corrected chi connectivity index (χ1v) is 10.3. The summed E-state index contributed by atoms with van der Waals surface area (Å²) in [5.74, 6) is 0.00869. The van der Waals surface area contributed by atoms with Gasteiger partial charge in [0.25, 0.3) is 0 Å². The van der Waals surface area contributed by atoms with Crippen LogP contribution < -0.4 is 5.32 Å². The average Bonchev–Trinajstić information content (AvgIpc) is 2.68. The summed E-state index contributed by atoms with van der Waals surface area (Å²) in [6.07, 6.45) is 1.63. The Hall–Kier alpha value is -1.59. The van der Waals surface area contributed by atoms with Gasteiger partial charge in [-0.15, -0.1) is 0 Å². The first kappa shape index (κ1) is 21.1. The highest BCUT2D eigenvalue weighted by Gasteiger charge is 2.36. The van der Waals surface area contributed by atoms with Crippen molar-refractivity contribution in [1.82, 2.24) is 10.2 Å². The maximum atomic E-state index is 12.6. The highest BCUT2D eigenvalue weighted by atomic mass is 35.5. The zero-order chi connectivity index (χ0) is 20.0. The molecule has 0 aliphatic carbocycles. The standard InChI is InChI=1S/C22H26Cl2N2O2/c1-26(14-17-5-3-2-4-6-17)15-21(27)25-16-22(9-11-28-12-10-22)19-8-7-18(23)13-20(19)24/h2-8,13H,9-12,14-16H2,1H3,(H,25,27). The molecule has 2 aromatic carbocycles. The number of carbonyl (C=O) groups excluding carboxylic acids is 1. The van der Waals surface area contributed by atoms with Crippen molar-refractivity contribution >= 4 is 29.1 Å². The van der Waals surface area contributed by atoms with Gasteiger partial charge in [-0.1, -0.05) is 59.6 Å². The molecule has 0 atom stereocenters. The van der Waals surface area contributed by atoms with Crippen molar-refractivity contribution in [2.45, 2.75) is 24.8 Å². The van der Waals surface area contributed by atoms with Crippen LogP contribution in [0, 0.1) is 0 Å². The summed E-state index contributed by atoms with van der Waals surface area (Å²) >= 11 is 12.6. The van der Waals surface area contributed by atoms with Crippen molar-refractivity contribution in [3.8, 4) is 0 Å². The van der Waals surface area contributed by atoms with Gasteiger partial charge in [-0.05, 0) is 43.1 Å². The van der Waals surface area contributed by atoms with Crippen molar-refractivity contribution in [3.63, 3.8) is 0 Å². The molecule has 0 saturated carbocycles. The lowest BCUT2D eigenvalue weighted by atomic mass is 9.74. The van der Waals surface area contributed by atoms with E-state index in [0.29, 0.717) is 36.3 Å². The van der Waals surface area contributed by atoms with Gasteiger partial charge in [0.1, 0.15) is 0 Å². The van der Waals surface area contributed by atoms with E-state index >= 15 is 0 Å². The second-order valence-corrected chi connectivity index (χ2v) is 8.30. The third-order valence-corrected chi connectivity index (χ3v) is 5.83. The molecule has 0 aromatic heterocycles. The predicted molar refractivity (Wildman–Crippen MR) is 114 cm³/mol. The maximum absolute atomic E-state index is 12.6. The number of hydrogen-bond acceptors (Lipinski definition) is 3. The van der Waals surface area contributed by atoms with Gasteiger partial charge in [0.05, 0.1) is 6.54 Å². The summed E-state index contributed by atoms with van der Waals surface area (Å²) < 4.78 is 5.56. The van der Waals surface area contributed by atoms with Gasteiger partial charge in [-0.2, -0.15) is 0 Å². The van der Waals surface area contributed by atoms with Crippen LogP contribution >= 0.6 is 23.2 Å². The number of likely N-dealkylation sites (N-methyl/N-ethyl adjacent to an activating group) is 1. The van der Waals surface area contributed by atoms with Crippen LogP contribution in [0.3, 0.4) is 0 Å². The summed E-state index contributed by atoms with van der Waals surface area (Å²) in [5, 5.41) is 4.38. The minimum Gasteiger partial charge on any atom is -0.381 e. The Morgan fingerprint density at radius 3 is 2.54 bits per heavy atom. The SMILES string of the molecule is CN(CC(=O)NCC1(c2ccc(Cl)cc2Cl)CCOCC1)Cc1ccccc1. The third-order valence-electron chi connectivity index (χ3n) is 5.29. The molecular weight excluding hydrogens is 395 g/mol. The topological polar surface area (TPSA) is 41.6 Å². The van der Waals surface area contributed by atoms with Crippen molar-refractivity contribution < 1.29 is 9.53 Å². The highest BCUT2D eigenvalue weighted by molar-refractivity contribution is 6.35. The molecule has 0 spiro atoms. The Labute approximate surface area is 176 Å². The fourth-order valence-electron chi connectivity index (χ4n) is 3.74. The van der Waals surface area contributed by atoms with E-state index in [1.807, 2.05) is 42.3 Å². The number of nitrogens with zero attached hydrogens (tertiary/aromatic N) is 1. The lowest BCUT2D eigenvalue weighted by molar-refractivity contribution is -0.122.